The molecular weight excluding hydrogens is 235 g/mol. The molecule has 5 nitrogen and oxygen atoms in total. The molecule has 0 aromatic carbocycles. The van der Waals surface area contributed by atoms with Gasteiger partial charge in [-0.3, -0.25) is 0 Å². The number of hydrogen-bond donors (Lipinski definition) is 1. The van der Waals surface area contributed by atoms with E-state index in [9.17, 15) is 9.70 Å². The fraction of sp³-hybridized carbons (Fsp3) is 0.800. The Morgan fingerprint density at radius 1 is 1.55 bits per heavy atom. The number of nitrogens with zero attached hydrogens (tertiary/aromatic N) is 2. The molecule has 0 radical (unpaired) electrons. The molecule has 6 heteroatoms. The molecule has 0 bridgehead atoms. The van der Waals surface area contributed by atoms with Crippen LogP contribution < -0.4 is 5.32 Å². The molecule has 0 aliphatic rings. The van der Waals surface area contributed by atoms with Gasteiger partial charge in [-0.2, -0.15) is 5.01 Å². The van der Waals surface area contributed by atoms with E-state index in [0.717, 1.165) is 5.01 Å². The molecule has 0 aliphatic carbocycles. The Bertz CT molecular complexity index is 131. The summed E-state index contributed by atoms with van der Waals surface area (Å²) in [6.45, 7) is 4.26. The molecule has 0 atom stereocenters. The quantitative estimate of drug-likeness (QED) is 0.453. The molecule has 0 fully saturated rings. The first-order valence-electron chi connectivity index (χ1n) is 3.14. The molecule has 2 amide bonds. The van der Waals surface area contributed by atoms with Crippen molar-refractivity contribution >= 4 is 6.03 Å². The van der Waals surface area contributed by atoms with Crippen molar-refractivity contribution in [2.24, 2.45) is 5.29 Å². The largest absolute Gasteiger partial charge is 0.340 e. The van der Waals surface area contributed by atoms with Crippen LogP contribution in [0.4, 0.5) is 4.79 Å². The Hall–Kier alpha value is -0.507. The zero-order valence-electron chi connectivity index (χ0n) is 6.48. The van der Waals surface area contributed by atoms with Gasteiger partial charge in [-0.05, 0) is 13.8 Å². The maximum Gasteiger partial charge on any atom is 0.340 e. The zero-order valence-corrected chi connectivity index (χ0v) is 8.22. The van der Waals surface area contributed by atoms with E-state index in [-0.39, 0.29) is 19.5 Å². The van der Waals surface area contributed by atoms with Gasteiger partial charge in [0.1, 0.15) is 0 Å². The first-order valence-corrected chi connectivity index (χ1v) is 3.14. The van der Waals surface area contributed by atoms with Gasteiger partial charge in [-0.25, -0.2) is 4.79 Å². The normalized spacial score (nSPS) is 7.82. The molecular formula is C5H11N3O2Ru. The molecule has 1 N–H and O–H groups in total. The van der Waals surface area contributed by atoms with E-state index in [1.54, 1.807) is 13.8 Å². The number of hydrogen-bond acceptors (Lipinski definition) is 3. The molecule has 0 saturated heterocycles. The molecule has 66 valence electrons. The number of carbonyl (C=O) groups excluding carboxylic acids is 1. The first kappa shape index (κ1) is 13.1. The van der Waals surface area contributed by atoms with Crippen molar-refractivity contribution in [3.8, 4) is 0 Å². The average molecular weight is 246 g/mol. The van der Waals surface area contributed by atoms with Crippen LogP contribution in [0.1, 0.15) is 13.8 Å². The fourth-order valence-electron chi connectivity index (χ4n) is 0.481. The molecule has 0 aliphatic heterocycles. The van der Waals surface area contributed by atoms with Crippen LogP contribution in [0.15, 0.2) is 5.29 Å². The van der Waals surface area contributed by atoms with Gasteiger partial charge in [0.2, 0.25) is 0 Å². The number of carbonyl (C=O) groups is 1. The van der Waals surface area contributed by atoms with Crippen LogP contribution in [-0.4, -0.2) is 24.1 Å². The minimum atomic E-state index is -0.444. The van der Waals surface area contributed by atoms with Crippen molar-refractivity contribution in [3.05, 3.63) is 4.91 Å². The van der Waals surface area contributed by atoms with Crippen LogP contribution in [0.5, 0.6) is 0 Å². The number of nitrogens with one attached hydrogen (secondary N) is 1. The van der Waals surface area contributed by atoms with Crippen LogP contribution in [-0.2, 0) is 19.5 Å². The van der Waals surface area contributed by atoms with Crippen LogP contribution in [0, 0.1) is 4.91 Å². The molecule has 11 heavy (non-hydrogen) atoms. The average Bonchev–Trinajstić information content (AvgIpc) is 1.91. The second kappa shape index (κ2) is 7.60. The van der Waals surface area contributed by atoms with Gasteiger partial charge in [-0.1, -0.05) is 0 Å². The minimum Gasteiger partial charge on any atom is -0.337 e. The van der Waals surface area contributed by atoms with Gasteiger partial charge in [0.25, 0.3) is 0 Å². The molecule has 0 aromatic rings. The number of rotatable bonds is 3. The van der Waals surface area contributed by atoms with Crippen LogP contribution in [0.2, 0.25) is 0 Å². The molecule has 0 spiro atoms. The van der Waals surface area contributed by atoms with Crippen molar-refractivity contribution in [2.45, 2.75) is 13.8 Å². The van der Waals surface area contributed by atoms with E-state index in [2.05, 4.69) is 10.6 Å². The Morgan fingerprint density at radius 2 is 2.09 bits per heavy atom. The maximum absolute atomic E-state index is 10.7. The van der Waals surface area contributed by atoms with Gasteiger partial charge in [0.05, 0.1) is 5.29 Å². The maximum atomic E-state index is 10.7. The molecule has 0 unspecified atom stereocenters. The van der Waals surface area contributed by atoms with Gasteiger partial charge >= 0.3 is 6.03 Å². The Balaban J connectivity index is 0. The third-order valence-corrected chi connectivity index (χ3v) is 0.961. The SMILES string of the molecule is CCNC(=O)N(CC)N=O.[Ru]. The third kappa shape index (κ3) is 4.84. The van der Waals surface area contributed by atoms with E-state index in [4.69, 9.17) is 0 Å². The van der Waals surface area contributed by atoms with Crippen molar-refractivity contribution < 1.29 is 24.3 Å². The van der Waals surface area contributed by atoms with E-state index in [1.807, 2.05) is 0 Å². The smallest absolute Gasteiger partial charge is 0.337 e. The van der Waals surface area contributed by atoms with Crippen LogP contribution in [0.3, 0.4) is 0 Å². The van der Waals surface area contributed by atoms with Gasteiger partial charge in [-0.15, -0.1) is 4.91 Å². The molecule has 0 rings (SSSR count). The fourth-order valence-corrected chi connectivity index (χ4v) is 0.481. The van der Waals surface area contributed by atoms with E-state index < -0.39 is 6.03 Å². The third-order valence-electron chi connectivity index (χ3n) is 0.961. The van der Waals surface area contributed by atoms with Crippen molar-refractivity contribution in [3.63, 3.8) is 0 Å². The summed E-state index contributed by atoms with van der Waals surface area (Å²) in [5, 5.41) is 5.76. The van der Waals surface area contributed by atoms with E-state index in [1.165, 1.54) is 0 Å². The standard InChI is InChI=1S/C5H11N3O2.Ru/c1-3-6-5(9)8(4-2)7-10;/h3-4H2,1-2H3,(H,6,9);. The number of urea groups is 1. The summed E-state index contributed by atoms with van der Waals surface area (Å²) in [7, 11) is 0. The summed E-state index contributed by atoms with van der Waals surface area (Å²) in [6.07, 6.45) is 0. The Kier molecular flexibility index (Phi) is 9.06. The predicted octanol–water partition coefficient (Wildman–Crippen LogP) is 0.717. The first-order chi connectivity index (χ1) is 4.76. The Morgan fingerprint density at radius 3 is 2.36 bits per heavy atom. The second-order valence-corrected chi connectivity index (χ2v) is 1.63. The van der Waals surface area contributed by atoms with Crippen molar-refractivity contribution in [2.75, 3.05) is 13.1 Å². The zero-order chi connectivity index (χ0) is 7.98. The van der Waals surface area contributed by atoms with Crippen LogP contribution >= 0.6 is 0 Å². The molecule has 0 heterocycles. The van der Waals surface area contributed by atoms with Gasteiger partial charge in [0.15, 0.2) is 0 Å². The summed E-state index contributed by atoms with van der Waals surface area (Å²) < 4.78 is 0. The summed E-state index contributed by atoms with van der Waals surface area (Å²) in [5.74, 6) is 0. The predicted molar refractivity (Wildman–Crippen MR) is 37.2 cm³/mol. The van der Waals surface area contributed by atoms with E-state index in [0.29, 0.717) is 13.1 Å². The van der Waals surface area contributed by atoms with E-state index >= 15 is 0 Å². The van der Waals surface area contributed by atoms with Crippen molar-refractivity contribution in [1.29, 1.82) is 0 Å². The molecule has 0 aromatic heterocycles. The van der Waals surface area contributed by atoms with Crippen LogP contribution in [0.25, 0.3) is 0 Å². The second-order valence-electron chi connectivity index (χ2n) is 1.63. The monoisotopic (exact) mass is 247 g/mol. The Labute approximate surface area is 78.2 Å². The number of nitroso groups, excluding NO2 is 1. The minimum absolute atomic E-state index is 0. The number of amides is 2. The summed E-state index contributed by atoms with van der Waals surface area (Å²) in [6, 6.07) is -0.444. The van der Waals surface area contributed by atoms with Crippen molar-refractivity contribution in [1.82, 2.24) is 10.3 Å². The summed E-state index contributed by atoms with van der Waals surface area (Å²) in [4.78, 5) is 20.6. The van der Waals surface area contributed by atoms with Gasteiger partial charge in [0, 0.05) is 32.6 Å². The van der Waals surface area contributed by atoms with Gasteiger partial charge < -0.3 is 5.32 Å². The summed E-state index contributed by atoms with van der Waals surface area (Å²) in [5.41, 5.74) is 0. The molecule has 0 saturated carbocycles. The topological polar surface area (TPSA) is 61.8 Å². The summed E-state index contributed by atoms with van der Waals surface area (Å²) >= 11 is 0.